The van der Waals surface area contributed by atoms with Crippen LogP contribution >= 0.6 is 11.3 Å². The fourth-order valence-corrected chi connectivity index (χ4v) is 2.75. The van der Waals surface area contributed by atoms with Crippen LogP contribution in [0.25, 0.3) is 0 Å². The van der Waals surface area contributed by atoms with E-state index in [0.29, 0.717) is 5.13 Å². The molecule has 1 fully saturated rings. The summed E-state index contributed by atoms with van der Waals surface area (Å²) in [4.78, 5) is 18.6. The first kappa shape index (κ1) is 13.1. The summed E-state index contributed by atoms with van der Waals surface area (Å²) in [5.41, 5.74) is 2.53. The lowest BCUT2D eigenvalue weighted by Crippen LogP contribution is -2.36. The first-order valence-corrected chi connectivity index (χ1v) is 6.51. The summed E-state index contributed by atoms with van der Waals surface area (Å²) < 4.78 is 4.58. The molecule has 1 aromatic rings. The number of rotatable bonds is 4. The van der Waals surface area contributed by atoms with E-state index in [-0.39, 0.29) is 12.1 Å². The predicted molar refractivity (Wildman–Crippen MR) is 69.1 cm³/mol. The van der Waals surface area contributed by atoms with Gasteiger partial charge in [-0.2, -0.15) is 0 Å². The monoisotopic (exact) mass is 271 g/mol. The number of hydrazine groups is 1. The van der Waals surface area contributed by atoms with E-state index < -0.39 is 0 Å². The van der Waals surface area contributed by atoms with Crippen LogP contribution in [0.2, 0.25) is 0 Å². The van der Waals surface area contributed by atoms with Crippen LogP contribution in [0.4, 0.5) is 9.93 Å². The van der Waals surface area contributed by atoms with Crippen LogP contribution in [0.3, 0.4) is 0 Å². The van der Waals surface area contributed by atoms with E-state index in [1.54, 1.807) is 0 Å². The molecule has 1 unspecified atom stereocenters. The van der Waals surface area contributed by atoms with Gasteiger partial charge in [-0.3, -0.25) is 10.3 Å². The van der Waals surface area contributed by atoms with Crippen LogP contribution < -0.4 is 16.6 Å². The molecule has 18 heavy (non-hydrogen) atoms. The number of ether oxygens (including phenoxy) is 1. The zero-order chi connectivity index (χ0) is 13.0. The number of thiazole rings is 1. The molecule has 0 aliphatic carbocycles. The SMILES string of the molecule is COC(=O)NC1CCN(Cc2cnc(NN)s2)C1. The number of anilines is 1. The maximum absolute atomic E-state index is 11.1. The van der Waals surface area contributed by atoms with Crippen molar-refractivity contribution in [3.05, 3.63) is 11.1 Å². The first-order chi connectivity index (χ1) is 8.71. The minimum atomic E-state index is -0.366. The molecule has 100 valence electrons. The standard InChI is InChI=1S/C10H17N5O2S/c1-17-10(16)13-7-2-3-15(5-7)6-8-4-12-9(14-11)18-8/h4,7H,2-3,5-6,11H2,1H3,(H,12,14)(H,13,16). The number of nitrogen functional groups attached to an aromatic ring is 1. The van der Waals surface area contributed by atoms with Crippen molar-refractivity contribution in [2.75, 3.05) is 25.6 Å². The highest BCUT2D eigenvalue weighted by molar-refractivity contribution is 7.15. The number of methoxy groups -OCH3 is 1. The van der Waals surface area contributed by atoms with E-state index in [4.69, 9.17) is 5.84 Å². The number of alkyl carbamates (subject to hydrolysis) is 1. The quantitative estimate of drug-likeness (QED) is 0.541. The normalized spacial score (nSPS) is 19.8. The maximum atomic E-state index is 11.1. The van der Waals surface area contributed by atoms with Gasteiger partial charge >= 0.3 is 6.09 Å². The zero-order valence-electron chi connectivity index (χ0n) is 10.2. The molecule has 0 bridgehead atoms. The van der Waals surface area contributed by atoms with Crippen molar-refractivity contribution >= 4 is 22.6 Å². The number of nitrogens with one attached hydrogen (secondary N) is 2. The second-order valence-electron chi connectivity index (χ2n) is 4.13. The third-order valence-electron chi connectivity index (χ3n) is 2.84. The van der Waals surface area contributed by atoms with Gasteiger partial charge in [0.25, 0.3) is 0 Å². The van der Waals surface area contributed by atoms with Gasteiger partial charge in [0, 0.05) is 36.8 Å². The van der Waals surface area contributed by atoms with Gasteiger partial charge in [0.05, 0.1) is 7.11 Å². The molecule has 1 saturated heterocycles. The summed E-state index contributed by atoms with van der Waals surface area (Å²) in [5.74, 6) is 5.29. The fraction of sp³-hybridized carbons (Fsp3) is 0.600. The van der Waals surface area contributed by atoms with Crippen molar-refractivity contribution in [2.24, 2.45) is 5.84 Å². The van der Waals surface area contributed by atoms with Crippen LogP contribution in [0.5, 0.6) is 0 Å². The van der Waals surface area contributed by atoms with E-state index in [9.17, 15) is 4.79 Å². The molecule has 1 aliphatic heterocycles. The number of nitrogens with zero attached hydrogens (tertiary/aromatic N) is 2. The second kappa shape index (κ2) is 5.98. The largest absolute Gasteiger partial charge is 0.453 e. The molecule has 2 heterocycles. The van der Waals surface area contributed by atoms with Crippen molar-refractivity contribution in [2.45, 2.75) is 19.0 Å². The van der Waals surface area contributed by atoms with E-state index in [1.807, 2.05) is 6.20 Å². The van der Waals surface area contributed by atoms with Gasteiger partial charge < -0.3 is 10.1 Å². The first-order valence-electron chi connectivity index (χ1n) is 5.69. The second-order valence-corrected chi connectivity index (χ2v) is 5.25. The molecule has 1 atom stereocenters. The van der Waals surface area contributed by atoms with Gasteiger partial charge in [-0.15, -0.1) is 0 Å². The van der Waals surface area contributed by atoms with Gasteiger partial charge in [-0.1, -0.05) is 11.3 Å². The average Bonchev–Trinajstić information content (AvgIpc) is 2.99. The molecular formula is C10H17N5O2S. The molecular weight excluding hydrogens is 254 g/mol. The lowest BCUT2D eigenvalue weighted by atomic mass is 10.3. The van der Waals surface area contributed by atoms with Gasteiger partial charge in [0.2, 0.25) is 0 Å². The highest BCUT2D eigenvalue weighted by atomic mass is 32.1. The fourth-order valence-electron chi connectivity index (χ4n) is 1.99. The van der Waals surface area contributed by atoms with Crippen LogP contribution in [-0.4, -0.2) is 42.2 Å². The molecule has 4 N–H and O–H groups in total. The van der Waals surface area contributed by atoms with E-state index in [2.05, 4.69) is 25.4 Å². The molecule has 7 nitrogen and oxygen atoms in total. The Bertz CT molecular complexity index is 411. The van der Waals surface area contributed by atoms with Gasteiger partial charge in [0.15, 0.2) is 5.13 Å². The number of likely N-dealkylation sites (tertiary alicyclic amines) is 1. The number of hydrogen-bond donors (Lipinski definition) is 3. The number of carbonyl (C=O) groups excluding carboxylic acids is 1. The Balaban J connectivity index is 1.80. The molecule has 1 aromatic heterocycles. The Morgan fingerprint density at radius 3 is 3.28 bits per heavy atom. The minimum absolute atomic E-state index is 0.164. The van der Waals surface area contributed by atoms with Crippen molar-refractivity contribution in [3.63, 3.8) is 0 Å². The number of amides is 1. The molecule has 8 heteroatoms. The Morgan fingerprint density at radius 1 is 1.78 bits per heavy atom. The molecule has 1 amide bonds. The molecule has 0 radical (unpaired) electrons. The third kappa shape index (κ3) is 3.31. The lowest BCUT2D eigenvalue weighted by Gasteiger charge is -2.15. The summed E-state index contributed by atoms with van der Waals surface area (Å²) in [6.45, 7) is 2.62. The number of carbonyl (C=O) groups is 1. The van der Waals surface area contributed by atoms with Crippen molar-refractivity contribution in [1.82, 2.24) is 15.2 Å². The molecule has 0 saturated carbocycles. The highest BCUT2D eigenvalue weighted by Crippen LogP contribution is 2.20. The van der Waals surface area contributed by atoms with Crippen molar-refractivity contribution < 1.29 is 9.53 Å². The Morgan fingerprint density at radius 2 is 2.61 bits per heavy atom. The molecule has 1 aliphatic rings. The predicted octanol–water partition coefficient (Wildman–Crippen LogP) is 0.359. The van der Waals surface area contributed by atoms with Crippen molar-refractivity contribution in [1.29, 1.82) is 0 Å². The Hall–Kier alpha value is -1.38. The minimum Gasteiger partial charge on any atom is -0.453 e. The number of nitrogens with two attached hydrogens (primary N) is 1. The van der Waals surface area contributed by atoms with Crippen LogP contribution in [0.15, 0.2) is 6.20 Å². The molecule has 0 aromatic carbocycles. The van der Waals surface area contributed by atoms with Crippen molar-refractivity contribution in [3.8, 4) is 0 Å². The Labute approximate surface area is 109 Å². The average molecular weight is 271 g/mol. The maximum Gasteiger partial charge on any atom is 0.407 e. The highest BCUT2D eigenvalue weighted by Gasteiger charge is 2.24. The Kier molecular flexibility index (Phi) is 4.34. The van der Waals surface area contributed by atoms with E-state index >= 15 is 0 Å². The topological polar surface area (TPSA) is 92.5 Å². The number of aromatic nitrogens is 1. The van der Waals surface area contributed by atoms with Gasteiger partial charge in [-0.25, -0.2) is 15.6 Å². The smallest absolute Gasteiger partial charge is 0.407 e. The number of hydrogen-bond acceptors (Lipinski definition) is 7. The summed E-state index contributed by atoms with van der Waals surface area (Å²) in [6.07, 6.45) is 2.39. The van der Waals surface area contributed by atoms with E-state index in [0.717, 1.165) is 30.9 Å². The van der Waals surface area contributed by atoms with Crippen LogP contribution in [-0.2, 0) is 11.3 Å². The molecule has 0 spiro atoms. The summed E-state index contributed by atoms with van der Waals surface area (Å²) in [5, 5.41) is 3.53. The van der Waals surface area contributed by atoms with Crippen LogP contribution in [0, 0.1) is 0 Å². The zero-order valence-corrected chi connectivity index (χ0v) is 11.0. The lowest BCUT2D eigenvalue weighted by molar-refractivity contribution is 0.166. The van der Waals surface area contributed by atoms with Gasteiger partial charge in [-0.05, 0) is 6.42 Å². The third-order valence-corrected chi connectivity index (χ3v) is 3.75. The summed E-state index contributed by atoms with van der Waals surface area (Å²) in [6, 6.07) is 0.164. The molecule has 2 rings (SSSR count). The van der Waals surface area contributed by atoms with E-state index in [1.165, 1.54) is 18.4 Å². The van der Waals surface area contributed by atoms with Gasteiger partial charge in [0.1, 0.15) is 0 Å². The summed E-state index contributed by atoms with van der Waals surface area (Å²) in [7, 11) is 1.38. The van der Waals surface area contributed by atoms with Crippen LogP contribution in [0.1, 0.15) is 11.3 Å². The summed E-state index contributed by atoms with van der Waals surface area (Å²) >= 11 is 1.54.